The van der Waals surface area contributed by atoms with Gasteiger partial charge in [-0.2, -0.15) is 0 Å². The summed E-state index contributed by atoms with van der Waals surface area (Å²) in [7, 11) is 1.91. The fourth-order valence-electron chi connectivity index (χ4n) is 1.53. The maximum absolute atomic E-state index is 3.88. The van der Waals surface area contributed by atoms with Gasteiger partial charge in [-0.1, -0.05) is 11.3 Å². The molecular weight excluding hydrogens is 220 g/mol. The lowest BCUT2D eigenvalue weighted by molar-refractivity contribution is 0.602. The largest absolute Gasteiger partial charge is 0.311 e. The number of aryl methyl sites for hydroxylation is 2. The molecule has 0 aliphatic rings. The number of hydrogen-bond acceptors (Lipinski definition) is 4. The zero-order valence-electron chi connectivity index (χ0n) is 9.39. The van der Waals surface area contributed by atoms with Crippen LogP contribution >= 0.6 is 11.3 Å². The molecule has 16 heavy (non-hydrogen) atoms. The molecule has 0 saturated heterocycles. The molecule has 0 aliphatic carbocycles. The smallest absolute Gasteiger partial charge is 0.0738 e. The Morgan fingerprint density at radius 3 is 3.12 bits per heavy atom. The van der Waals surface area contributed by atoms with E-state index >= 15 is 0 Å². The van der Waals surface area contributed by atoms with Crippen LogP contribution in [0, 0.1) is 0 Å². The Hall–Kier alpha value is -1.20. The first-order valence-electron chi connectivity index (χ1n) is 5.43. The van der Waals surface area contributed by atoms with Gasteiger partial charge in [-0.3, -0.25) is 4.68 Å². The lowest BCUT2D eigenvalue weighted by atomic mass is 10.2. The van der Waals surface area contributed by atoms with Gasteiger partial charge in [0.2, 0.25) is 0 Å². The van der Waals surface area contributed by atoms with Crippen LogP contribution in [0.2, 0.25) is 0 Å². The Bertz CT molecular complexity index is 407. The minimum atomic E-state index is 0.841. The van der Waals surface area contributed by atoms with Crippen LogP contribution in [0.5, 0.6) is 0 Å². The molecule has 2 aromatic heterocycles. The Balaban J connectivity index is 1.61. The summed E-state index contributed by atoms with van der Waals surface area (Å²) in [6, 6.07) is 4.30. The second-order valence-corrected chi connectivity index (χ2v) is 4.74. The van der Waals surface area contributed by atoms with E-state index in [2.05, 4.69) is 33.1 Å². The molecule has 0 radical (unpaired) electrons. The fraction of sp³-hybridized carbons (Fsp3) is 0.455. The van der Waals surface area contributed by atoms with Gasteiger partial charge in [-0.25, -0.2) is 0 Å². The molecule has 0 amide bonds. The van der Waals surface area contributed by atoms with Crippen molar-refractivity contribution >= 4 is 11.3 Å². The second kappa shape index (κ2) is 5.77. The molecule has 2 heterocycles. The number of aromatic nitrogens is 3. The Labute approximate surface area is 99.3 Å². The van der Waals surface area contributed by atoms with Crippen LogP contribution in [0.4, 0.5) is 0 Å². The van der Waals surface area contributed by atoms with E-state index in [9.17, 15) is 0 Å². The van der Waals surface area contributed by atoms with E-state index in [1.54, 1.807) is 10.9 Å². The van der Waals surface area contributed by atoms with Gasteiger partial charge in [0.1, 0.15) is 0 Å². The van der Waals surface area contributed by atoms with Gasteiger partial charge >= 0.3 is 0 Å². The van der Waals surface area contributed by atoms with Crippen LogP contribution in [0.15, 0.2) is 23.7 Å². The van der Waals surface area contributed by atoms with E-state index in [-0.39, 0.29) is 0 Å². The van der Waals surface area contributed by atoms with E-state index in [4.69, 9.17) is 0 Å². The van der Waals surface area contributed by atoms with E-state index in [0.29, 0.717) is 0 Å². The highest BCUT2D eigenvalue weighted by Crippen LogP contribution is 2.10. The molecule has 0 fully saturated rings. The van der Waals surface area contributed by atoms with Crippen molar-refractivity contribution in [2.45, 2.75) is 19.4 Å². The summed E-state index contributed by atoms with van der Waals surface area (Å²) in [6.07, 6.45) is 4.13. The predicted molar refractivity (Wildman–Crippen MR) is 65.3 cm³/mol. The summed E-state index contributed by atoms with van der Waals surface area (Å²) >= 11 is 1.83. The van der Waals surface area contributed by atoms with Crippen LogP contribution in [-0.2, 0) is 20.0 Å². The molecule has 2 aromatic rings. The minimum absolute atomic E-state index is 0.841. The molecular formula is C11H16N4S. The third kappa shape index (κ3) is 3.15. The summed E-state index contributed by atoms with van der Waals surface area (Å²) < 4.78 is 1.80. The van der Waals surface area contributed by atoms with Crippen LogP contribution < -0.4 is 5.32 Å². The summed E-state index contributed by atoms with van der Waals surface area (Å²) in [6.45, 7) is 1.87. The number of nitrogens with one attached hydrogen (secondary N) is 1. The van der Waals surface area contributed by atoms with Crippen LogP contribution in [0.1, 0.15) is 17.0 Å². The average Bonchev–Trinajstić information content (AvgIpc) is 2.90. The molecule has 0 saturated carbocycles. The van der Waals surface area contributed by atoms with E-state index in [1.807, 2.05) is 18.4 Å². The molecule has 0 atom stereocenters. The number of nitrogens with zero attached hydrogens (tertiary/aromatic N) is 3. The predicted octanol–water partition coefficient (Wildman–Crippen LogP) is 1.60. The highest BCUT2D eigenvalue weighted by atomic mass is 32.1. The first-order chi connectivity index (χ1) is 7.86. The van der Waals surface area contributed by atoms with Crippen molar-refractivity contribution in [2.24, 2.45) is 7.05 Å². The number of thiophene rings is 1. The van der Waals surface area contributed by atoms with Crippen molar-refractivity contribution in [1.29, 1.82) is 0 Å². The molecule has 1 N–H and O–H groups in total. The van der Waals surface area contributed by atoms with Gasteiger partial charge in [-0.15, -0.1) is 16.4 Å². The van der Waals surface area contributed by atoms with Gasteiger partial charge in [-0.05, 0) is 30.8 Å². The summed E-state index contributed by atoms with van der Waals surface area (Å²) in [5.74, 6) is 0. The molecule has 4 nitrogen and oxygen atoms in total. The number of hydrogen-bond donors (Lipinski definition) is 1. The third-order valence-electron chi connectivity index (χ3n) is 2.47. The average molecular weight is 236 g/mol. The van der Waals surface area contributed by atoms with Crippen molar-refractivity contribution in [3.8, 4) is 0 Å². The maximum atomic E-state index is 3.88. The molecule has 0 aromatic carbocycles. The van der Waals surface area contributed by atoms with Gasteiger partial charge in [0.15, 0.2) is 0 Å². The van der Waals surface area contributed by atoms with Crippen LogP contribution in [-0.4, -0.2) is 21.5 Å². The lowest BCUT2D eigenvalue weighted by Crippen LogP contribution is -2.17. The van der Waals surface area contributed by atoms with Crippen LogP contribution in [0.25, 0.3) is 0 Å². The molecule has 5 heteroatoms. The lowest BCUT2D eigenvalue weighted by Gasteiger charge is -2.03. The fourth-order valence-corrected chi connectivity index (χ4v) is 2.28. The topological polar surface area (TPSA) is 42.7 Å². The normalized spacial score (nSPS) is 10.8. The SMILES string of the molecule is Cn1nncc1CNCCCc1cccs1. The van der Waals surface area contributed by atoms with Crippen molar-refractivity contribution in [1.82, 2.24) is 20.3 Å². The molecule has 0 spiro atoms. The number of rotatable bonds is 6. The van der Waals surface area contributed by atoms with E-state index < -0.39 is 0 Å². The standard InChI is InChI=1S/C11H16N4S/c1-15-10(9-13-14-15)8-12-6-2-4-11-5-3-7-16-11/h3,5,7,9,12H,2,4,6,8H2,1H3. The van der Waals surface area contributed by atoms with Crippen molar-refractivity contribution in [2.75, 3.05) is 6.54 Å². The first-order valence-corrected chi connectivity index (χ1v) is 6.31. The summed E-state index contributed by atoms with van der Waals surface area (Å²) in [5.41, 5.74) is 1.12. The van der Waals surface area contributed by atoms with Crippen LogP contribution in [0.3, 0.4) is 0 Å². The summed E-state index contributed by atoms with van der Waals surface area (Å²) in [5, 5.41) is 13.2. The zero-order chi connectivity index (χ0) is 11.2. The Kier molecular flexibility index (Phi) is 4.07. The van der Waals surface area contributed by atoms with Gasteiger partial charge in [0.25, 0.3) is 0 Å². The first kappa shape index (κ1) is 11.3. The zero-order valence-corrected chi connectivity index (χ0v) is 10.2. The van der Waals surface area contributed by atoms with Gasteiger partial charge in [0, 0.05) is 18.5 Å². The molecule has 86 valence electrons. The monoisotopic (exact) mass is 236 g/mol. The Morgan fingerprint density at radius 1 is 1.50 bits per heavy atom. The molecule has 0 bridgehead atoms. The van der Waals surface area contributed by atoms with Crippen molar-refractivity contribution < 1.29 is 0 Å². The molecule has 0 aliphatic heterocycles. The summed E-state index contributed by atoms with van der Waals surface area (Å²) in [4.78, 5) is 1.46. The molecule has 2 rings (SSSR count). The quantitative estimate of drug-likeness (QED) is 0.775. The minimum Gasteiger partial charge on any atom is -0.311 e. The maximum Gasteiger partial charge on any atom is 0.0738 e. The van der Waals surface area contributed by atoms with E-state index in [0.717, 1.165) is 25.2 Å². The highest BCUT2D eigenvalue weighted by molar-refractivity contribution is 7.09. The van der Waals surface area contributed by atoms with Crippen molar-refractivity contribution in [3.05, 3.63) is 34.3 Å². The van der Waals surface area contributed by atoms with Crippen molar-refractivity contribution in [3.63, 3.8) is 0 Å². The highest BCUT2D eigenvalue weighted by Gasteiger charge is 1.98. The van der Waals surface area contributed by atoms with Gasteiger partial charge in [0.05, 0.1) is 11.9 Å². The van der Waals surface area contributed by atoms with E-state index in [1.165, 1.54) is 11.3 Å². The third-order valence-corrected chi connectivity index (χ3v) is 3.41. The molecule has 0 unspecified atom stereocenters. The van der Waals surface area contributed by atoms with Gasteiger partial charge < -0.3 is 5.32 Å². The second-order valence-electron chi connectivity index (χ2n) is 3.71. The Morgan fingerprint density at radius 2 is 2.44 bits per heavy atom.